The Morgan fingerprint density at radius 3 is 2.74 bits per heavy atom. The minimum absolute atomic E-state index is 0.0881. The summed E-state index contributed by atoms with van der Waals surface area (Å²) >= 11 is 0. The van der Waals surface area contributed by atoms with Crippen LogP contribution in [0.25, 0.3) is 0 Å². The van der Waals surface area contributed by atoms with Crippen molar-refractivity contribution in [2.45, 2.75) is 39.3 Å². The molecule has 9 nitrogen and oxygen atoms in total. The van der Waals surface area contributed by atoms with Crippen LogP contribution in [0, 0.1) is 5.92 Å². The van der Waals surface area contributed by atoms with Gasteiger partial charge >= 0.3 is 0 Å². The zero-order valence-corrected chi connectivity index (χ0v) is 20.7. The van der Waals surface area contributed by atoms with E-state index < -0.39 is 0 Å². The van der Waals surface area contributed by atoms with E-state index in [-0.39, 0.29) is 35.6 Å². The van der Waals surface area contributed by atoms with Crippen molar-refractivity contribution in [1.29, 1.82) is 0 Å². The molecule has 0 fully saturated rings. The van der Waals surface area contributed by atoms with Gasteiger partial charge in [-0.2, -0.15) is 0 Å². The molecule has 1 aromatic carbocycles. The molecule has 0 unspecified atom stereocenters. The van der Waals surface area contributed by atoms with Gasteiger partial charge in [-0.25, -0.2) is 4.98 Å². The molecule has 0 saturated heterocycles. The van der Waals surface area contributed by atoms with E-state index in [1.54, 1.807) is 37.3 Å². The van der Waals surface area contributed by atoms with Crippen molar-refractivity contribution in [1.82, 2.24) is 19.8 Å². The standard InChI is InChI=1S/C25H35N5O4/c1-6-11-30-14-17(2)23(33-5)15-29(4)25(32)20-8-7-19(12-22(20)34-16-18(30)3)28-24(31)21-13-26-9-10-27-21/h7-10,12-13,17-18,23H,6,11,14-16H2,1-5H3,(H,28,31)/t17-,18-,23+/m0/s1. The molecule has 0 aliphatic carbocycles. The fourth-order valence-corrected chi connectivity index (χ4v) is 4.14. The van der Waals surface area contributed by atoms with Crippen molar-refractivity contribution in [2.75, 3.05) is 45.7 Å². The Balaban J connectivity index is 1.91. The number of rotatable bonds is 5. The van der Waals surface area contributed by atoms with Crippen molar-refractivity contribution in [3.8, 4) is 5.75 Å². The summed E-state index contributed by atoms with van der Waals surface area (Å²) in [6.45, 7) is 9.13. The zero-order chi connectivity index (χ0) is 24.7. The number of carbonyl (C=O) groups is 2. The number of methoxy groups -OCH3 is 1. The van der Waals surface area contributed by atoms with Crippen LogP contribution in [0.5, 0.6) is 5.75 Å². The van der Waals surface area contributed by atoms with E-state index in [9.17, 15) is 9.59 Å². The van der Waals surface area contributed by atoms with Gasteiger partial charge in [0.05, 0.1) is 17.9 Å². The largest absolute Gasteiger partial charge is 0.491 e. The first-order valence-electron chi connectivity index (χ1n) is 11.7. The highest BCUT2D eigenvalue weighted by molar-refractivity contribution is 6.03. The first kappa shape index (κ1) is 25.6. The van der Waals surface area contributed by atoms with Crippen LogP contribution in [0.15, 0.2) is 36.8 Å². The van der Waals surface area contributed by atoms with Gasteiger partial charge in [-0.05, 0) is 37.9 Å². The molecule has 9 heteroatoms. The number of amides is 2. The van der Waals surface area contributed by atoms with E-state index in [0.29, 0.717) is 30.2 Å². The lowest BCUT2D eigenvalue weighted by Crippen LogP contribution is -2.46. The summed E-state index contributed by atoms with van der Waals surface area (Å²) in [5, 5.41) is 2.81. The Kier molecular flexibility index (Phi) is 8.95. The second kappa shape index (κ2) is 11.9. The average molecular weight is 470 g/mol. The van der Waals surface area contributed by atoms with Crippen LogP contribution in [0.4, 0.5) is 5.69 Å². The highest BCUT2D eigenvalue weighted by Gasteiger charge is 2.28. The number of anilines is 1. The number of carbonyl (C=O) groups excluding carboxylic acids is 2. The Morgan fingerprint density at radius 2 is 2.06 bits per heavy atom. The molecule has 0 radical (unpaired) electrons. The topological polar surface area (TPSA) is 96.9 Å². The summed E-state index contributed by atoms with van der Waals surface area (Å²) in [4.78, 5) is 37.8. The molecule has 184 valence electrons. The predicted octanol–water partition coefficient (Wildman–Crippen LogP) is 2.94. The zero-order valence-electron chi connectivity index (χ0n) is 20.7. The third-order valence-electron chi connectivity index (χ3n) is 6.14. The molecular weight excluding hydrogens is 434 g/mol. The van der Waals surface area contributed by atoms with Gasteiger partial charge in [-0.15, -0.1) is 0 Å². The Hall–Kier alpha value is -3.04. The maximum Gasteiger partial charge on any atom is 0.275 e. The Bertz CT molecular complexity index is 971. The van der Waals surface area contributed by atoms with Crippen molar-refractivity contribution in [3.63, 3.8) is 0 Å². The number of ether oxygens (including phenoxy) is 2. The van der Waals surface area contributed by atoms with Crippen LogP contribution in [0.2, 0.25) is 0 Å². The van der Waals surface area contributed by atoms with Crippen LogP contribution in [0.3, 0.4) is 0 Å². The van der Waals surface area contributed by atoms with E-state index in [0.717, 1.165) is 19.5 Å². The smallest absolute Gasteiger partial charge is 0.275 e. The summed E-state index contributed by atoms with van der Waals surface area (Å²) in [5.74, 6) is 0.130. The number of aromatic nitrogens is 2. The lowest BCUT2D eigenvalue weighted by atomic mass is 10.0. The van der Waals surface area contributed by atoms with Crippen LogP contribution in [0.1, 0.15) is 48.0 Å². The Labute approximate surface area is 201 Å². The summed E-state index contributed by atoms with van der Waals surface area (Å²) < 4.78 is 12.0. The number of hydrogen-bond donors (Lipinski definition) is 1. The molecule has 2 heterocycles. The van der Waals surface area contributed by atoms with Gasteiger partial charge in [-0.1, -0.05) is 13.8 Å². The highest BCUT2D eigenvalue weighted by atomic mass is 16.5. The third kappa shape index (κ3) is 6.30. The first-order valence-corrected chi connectivity index (χ1v) is 11.7. The molecule has 34 heavy (non-hydrogen) atoms. The van der Waals surface area contributed by atoms with Crippen molar-refractivity contribution in [2.24, 2.45) is 5.92 Å². The fraction of sp³-hybridized carbons (Fsp3) is 0.520. The number of likely N-dealkylation sites (N-methyl/N-ethyl adjacent to an activating group) is 1. The quantitative estimate of drug-likeness (QED) is 0.719. The van der Waals surface area contributed by atoms with E-state index in [1.807, 2.05) is 0 Å². The number of benzene rings is 1. The molecule has 1 aliphatic rings. The molecule has 1 aromatic heterocycles. The minimum Gasteiger partial charge on any atom is -0.491 e. The maximum absolute atomic E-state index is 13.3. The van der Waals surface area contributed by atoms with E-state index >= 15 is 0 Å². The number of nitrogens with zero attached hydrogens (tertiary/aromatic N) is 4. The molecule has 1 aliphatic heterocycles. The Morgan fingerprint density at radius 1 is 1.26 bits per heavy atom. The van der Waals surface area contributed by atoms with E-state index in [4.69, 9.17) is 9.47 Å². The van der Waals surface area contributed by atoms with Gasteiger partial charge in [0.2, 0.25) is 0 Å². The molecule has 0 bridgehead atoms. The van der Waals surface area contributed by atoms with Crippen LogP contribution >= 0.6 is 0 Å². The van der Waals surface area contributed by atoms with Crippen LogP contribution < -0.4 is 10.1 Å². The number of fused-ring (bicyclic) bond motifs is 1. The lowest BCUT2D eigenvalue weighted by Gasteiger charge is -2.35. The van der Waals surface area contributed by atoms with Crippen LogP contribution in [-0.4, -0.2) is 84.1 Å². The number of hydrogen-bond acceptors (Lipinski definition) is 7. The second-order valence-electron chi connectivity index (χ2n) is 8.85. The summed E-state index contributed by atoms with van der Waals surface area (Å²) in [6.07, 6.45) is 5.31. The monoisotopic (exact) mass is 469 g/mol. The molecule has 0 saturated carbocycles. The lowest BCUT2D eigenvalue weighted by molar-refractivity contribution is 0.0108. The van der Waals surface area contributed by atoms with Gasteiger partial charge in [0.25, 0.3) is 11.8 Å². The van der Waals surface area contributed by atoms with Gasteiger partial charge in [0, 0.05) is 57.4 Å². The predicted molar refractivity (Wildman–Crippen MR) is 130 cm³/mol. The maximum atomic E-state index is 13.3. The van der Waals surface area contributed by atoms with Crippen LogP contribution in [-0.2, 0) is 4.74 Å². The van der Waals surface area contributed by atoms with Gasteiger partial charge < -0.3 is 19.7 Å². The first-order chi connectivity index (χ1) is 16.3. The fourth-order valence-electron chi connectivity index (χ4n) is 4.14. The molecular formula is C25H35N5O4. The molecule has 2 aromatic rings. The van der Waals surface area contributed by atoms with Gasteiger partial charge in [0.1, 0.15) is 18.1 Å². The van der Waals surface area contributed by atoms with Gasteiger partial charge in [-0.3, -0.25) is 19.5 Å². The third-order valence-corrected chi connectivity index (χ3v) is 6.14. The molecule has 3 rings (SSSR count). The van der Waals surface area contributed by atoms with Gasteiger partial charge in [0.15, 0.2) is 0 Å². The van der Waals surface area contributed by atoms with Crippen molar-refractivity contribution >= 4 is 17.5 Å². The summed E-state index contributed by atoms with van der Waals surface area (Å²) in [5.41, 5.74) is 1.16. The number of nitrogens with one attached hydrogen (secondary N) is 1. The summed E-state index contributed by atoms with van der Waals surface area (Å²) in [6, 6.07) is 5.20. The van der Waals surface area contributed by atoms with E-state index in [2.05, 4.69) is 41.0 Å². The molecule has 2 amide bonds. The SMILES string of the molecule is CCCN1C[C@H](C)[C@H](OC)CN(C)C(=O)c2ccc(NC(=O)c3cnccn3)cc2OC[C@@H]1C. The van der Waals surface area contributed by atoms with Crippen molar-refractivity contribution < 1.29 is 19.1 Å². The molecule has 3 atom stereocenters. The molecule has 0 spiro atoms. The molecule has 1 N–H and O–H groups in total. The second-order valence-corrected chi connectivity index (χ2v) is 8.85. The summed E-state index contributed by atoms with van der Waals surface area (Å²) in [7, 11) is 3.47. The van der Waals surface area contributed by atoms with Crippen molar-refractivity contribution in [3.05, 3.63) is 48.0 Å². The average Bonchev–Trinajstić information content (AvgIpc) is 2.84. The normalized spacial score (nSPS) is 22.2. The van der Waals surface area contributed by atoms with E-state index in [1.165, 1.54) is 18.6 Å². The minimum atomic E-state index is -0.385. The highest BCUT2D eigenvalue weighted by Crippen LogP contribution is 2.27.